The lowest BCUT2D eigenvalue weighted by Crippen LogP contribution is -2.12. The average Bonchev–Trinajstić information content (AvgIpc) is 2.65. The fourth-order valence-corrected chi connectivity index (χ4v) is 2.51. The van der Waals surface area contributed by atoms with Crippen LogP contribution >= 0.6 is 0 Å². The molecular weight excluding hydrogens is 340 g/mol. The van der Waals surface area contributed by atoms with E-state index >= 15 is 0 Å². The fraction of sp³-hybridized carbons (Fsp3) is 0.278. The number of anilines is 1. The molecule has 0 aliphatic carbocycles. The Balaban J connectivity index is 2.65. The Labute approximate surface area is 151 Å². The van der Waals surface area contributed by atoms with Gasteiger partial charge in [-0.3, -0.25) is 14.9 Å². The second kappa shape index (κ2) is 7.73. The minimum Gasteiger partial charge on any atom is -0.493 e. The molecule has 2 rings (SSSR count). The molecule has 8 heteroatoms. The van der Waals surface area contributed by atoms with Gasteiger partial charge in [0, 0.05) is 31.4 Å². The molecule has 0 radical (unpaired) electrons. The molecule has 0 saturated carbocycles. The van der Waals surface area contributed by atoms with Crippen molar-refractivity contribution in [3.63, 3.8) is 0 Å². The summed E-state index contributed by atoms with van der Waals surface area (Å²) in [6.07, 6.45) is 0. The third-order valence-corrected chi connectivity index (χ3v) is 3.86. The molecule has 2 aromatic rings. The van der Waals surface area contributed by atoms with E-state index in [2.05, 4.69) is 0 Å². The van der Waals surface area contributed by atoms with Crippen LogP contribution in [-0.2, 0) is 0 Å². The van der Waals surface area contributed by atoms with E-state index in [1.165, 1.54) is 45.6 Å². The number of rotatable bonds is 7. The second-order valence-electron chi connectivity index (χ2n) is 5.60. The Morgan fingerprint density at radius 1 is 1.00 bits per heavy atom. The van der Waals surface area contributed by atoms with Crippen LogP contribution in [0.15, 0.2) is 30.3 Å². The van der Waals surface area contributed by atoms with E-state index in [-0.39, 0.29) is 16.8 Å². The summed E-state index contributed by atoms with van der Waals surface area (Å²) >= 11 is 0. The minimum atomic E-state index is -0.579. The number of nitro benzene ring substituents is 1. The van der Waals surface area contributed by atoms with Gasteiger partial charge in [-0.05, 0) is 24.3 Å². The summed E-state index contributed by atoms with van der Waals surface area (Å²) in [5.74, 6) is 0.408. The minimum absolute atomic E-state index is 0.0181. The van der Waals surface area contributed by atoms with Crippen LogP contribution in [0.25, 0.3) is 0 Å². The number of benzene rings is 2. The summed E-state index contributed by atoms with van der Waals surface area (Å²) in [5.41, 5.74) is 0.578. The number of carbonyl (C=O) groups excluding carboxylic acids is 1. The zero-order chi connectivity index (χ0) is 19.4. The van der Waals surface area contributed by atoms with Gasteiger partial charge in [0.2, 0.25) is 5.75 Å². The highest BCUT2D eigenvalue weighted by atomic mass is 16.6. The topological polar surface area (TPSA) is 91.1 Å². The van der Waals surface area contributed by atoms with Crippen LogP contribution in [0.3, 0.4) is 0 Å². The van der Waals surface area contributed by atoms with Crippen molar-refractivity contribution in [3.05, 3.63) is 51.6 Å². The highest BCUT2D eigenvalue weighted by Crippen LogP contribution is 2.39. The summed E-state index contributed by atoms with van der Waals surface area (Å²) in [5, 5.41) is 11.4. The lowest BCUT2D eigenvalue weighted by molar-refractivity contribution is -0.385. The van der Waals surface area contributed by atoms with Crippen molar-refractivity contribution >= 4 is 17.2 Å². The zero-order valence-corrected chi connectivity index (χ0v) is 15.2. The number of nitro groups is 1. The monoisotopic (exact) mass is 360 g/mol. The van der Waals surface area contributed by atoms with Gasteiger partial charge >= 0.3 is 0 Å². The van der Waals surface area contributed by atoms with Crippen molar-refractivity contribution in [2.24, 2.45) is 0 Å². The van der Waals surface area contributed by atoms with Gasteiger partial charge in [-0.2, -0.15) is 0 Å². The summed E-state index contributed by atoms with van der Waals surface area (Å²) < 4.78 is 15.7. The first kappa shape index (κ1) is 19.0. The molecule has 2 aromatic carbocycles. The van der Waals surface area contributed by atoms with E-state index in [0.717, 1.165) is 0 Å². The van der Waals surface area contributed by atoms with Gasteiger partial charge in [0.25, 0.3) is 5.69 Å². The second-order valence-corrected chi connectivity index (χ2v) is 5.60. The van der Waals surface area contributed by atoms with Gasteiger partial charge < -0.3 is 19.1 Å². The van der Waals surface area contributed by atoms with Crippen LogP contribution in [-0.4, -0.2) is 46.1 Å². The van der Waals surface area contributed by atoms with Crippen LogP contribution in [0.1, 0.15) is 15.9 Å². The molecule has 138 valence electrons. The molecule has 0 aliphatic rings. The molecule has 0 aliphatic heterocycles. The number of nitrogens with zero attached hydrogens (tertiary/aromatic N) is 2. The summed E-state index contributed by atoms with van der Waals surface area (Å²) in [4.78, 5) is 25.5. The molecule has 0 aromatic heterocycles. The first-order chi connectivity index (χ1) is 12.3. The Bertz CT molecular complexity index is 823. The van der Waals surface area contributed by atoms with Crippen molar-refractivity contribution in [3.8, 4) is 17.2 Å². The number of hydrogen-bond acceptors (Lipinski definition) is 7. The maximum atomic E-state index is 13.0. The lowest BCUT2D eigenvalue weighted by Gasteiger charge is -2.15. The predicted octanol–water partition coefficient (Wildman–Crippen LogP) is 2.92. The summed E-state index contributed by atoms with van der Waals surface area (Å²) in [7, 11) is 7.89. The number of ketones is 1. The van der Waals surface area contributed by atoms with Crippen molar-refractivity contribution in [2.45, 2.75) is 0 Å². The van der Waals surface area contributed by atoms with E-state index in [4.69, 9.17) is 14.2 Å². The highest BCUT2D eigenvalue weighted by Gasteiger charge is 2.25. The largest absolute Gasteiger partial charge is 0.493 e. The molecule has 8 nitrogen and oxygen atoms in total. The number of carbonyl (C=O) groups is 1. The molecule has 0 unspecified atom stereocenters. The molecule has 0 N–H and O–H groups in total. The highest BCUT2D eigenvalue weighted by molar-refractivity contribution is 6.12. The van der Waals surface area contributed by atoms with E-state index in [1.54, 1.807) is 25.1 Å². The van der Waals surface area contributed by atoms with Crippen LogP contribution in [0.2, 0.25) is 0 Å². The van der Waals surface area contributed by atoms with Crippen molar-refractivity contribution in [1.82, 2.24) is 0 Å². The Morgan fingerprint density at radius 2 is 1.58 bits per heavy atom. The Morgan fingerprint density at radius 3 is 2.00 bits per heavy atom. The van der Waals surface area contributed by atoms with Crippen molar-refractivity contribution in [1.29, 1.82) is 0 Å². The van der Waals surface area contributed by atoms with Crippen LogP contribution in [0, 0.1) is 10.1 Å². The smallest absolute Gasteiger partial charge is 0.280 e. The maximum Gasteiger partial charge on any atom is 0.280 e. The third kappa shape index (κ3) is 3.53. The SMILES string of the molecule is COc1cc(C(=O)c2cc(N(C)C)ccc2[N+](=O)[O-])cc(OC)c1OC. The molecule has 26 heavy (non-hydrogen) atoms. The molecule has 0 amide bonds. The van der Waals surface area contributed by atoms with Crippen LogP contribution in [0.5, 0.6) is 17.2 Å². The fourth-order valence-electron chi connectivity index (χ4n) is 2.51. The molecule has 0 fully saturated rings. The molecule has 0 saturated heterocycles. The van der Waals surface area contributed by atoms with Crippen LogP contribution < -0.4 is 19.1 Å². The van der Waals surface area contributed by atoms with Gasteiger partial charge in [0.1, 0.15) is 5.56 Å². The first-order valence-corrected chi connectivity index (χ1v) is 7.64. The van der Waals surface area contributed by atoms with Crippen molar-refractivity contribution in [2.75, 3.05) is 40.3 Å². The summed E-state index contributed by atoms with van der Waals surface area (Å²) in [6.45, 7) is 0. The Hall–Kier alpha value is -3.29. The van der Waals surface area contributed by atoms with Gasteiger partial charge in [0.15, 0.2) is 17.3 Å². The quantitative estimate of drug-likeness (QED) is 0.426. The first-order valence-electron chi connectivity index (χ1n) is 7.64. The van der Waals surface area contributed by atoms with Gasteiger partial charge in [-0.15, -0.1) is 0 Å². The van der Waals surface area contributed by atoms with Crippen molar-refractivity contribution < 1.29 is 23.9 Å². The molecule has 0 spiro atoms. The molecule has 0 heterocycles. The molecule has 0 atom stereocenters. The zero-order valence-electron chi connectivity index (χ0n) is 15.2. The van der Waals surface area contributed by atoms with E-state index in [9.17, 15) is 14.9 Å². The van der Waals surface area contributed by atoms with Gasteiger partial charge in [-0.1, -0.05) is 0 Å². The molecule has 0 bridgehead atoms. The third-order valence-electron chi connectivity index (χ3n) is 3.86. The van der Waals surface area contributed by atoms with Gasteiger partial charge in [0.05, 0.1) is 26.3 Å². The average molecular weight is 360 g/mol. The summed E-state index contributed by atoms with van der Waals surface area (Å²) in [6, 6.07) is 7.33. The molecular formula is C18H20N2O6. The number of methoxy groups -OCH3 is 3. The number of hydrogen-bond donors (Lipinski definition) is 0. The van der Waals surface area contributed by atoms with E-state index in [1.807, 2.05) is 0 Å². The maximum absolute atomic E-state index is 13.0. The number of ether oxygens (including phenoxy) is 3. The Kier molecular flexibility index (Phi) is 5.66. The predicted molar refractivity (Wildman–Crippen MR) is 97.0 cm³/mol. The van der Waals surface area contributed by atoms with Gasteiger partial charge in [-0.25, -0.2) is 0 Å². The lowest BCUT2D eigenvalue weighted by atomic mass is 10.00. The van der Waals surface area contributed by atoms with Crippen LogP contribution in [0.4, 0.5) is 11.4 Å². The standard InChI is InChI=1S/C18H20N2O6/c1-19(2)12-6-7-14(20(22)23)13(10-12)17(21)11-8-15(24-3)18(26-5)16(9-11)25-4/h6-10H,1-5H3. The van der Waals surface area contributed by atoms with E-state index < -0.39 is 10.7 Å². The normalized spacial score (nSPS) is 10.2. The van der Waals surface area contributed by atoms with E-state index in [0.29, 0.717) is 22.9 Å².